The van der Waals surface area contributed by atoms with Gasteiger partial charge in [0.15, 0.2) is 0 Å². The van der Waals surface area contributed by atoms with Gasteiger partial charge in [0.1, 0.15) is 17.1 Å². The number of aromatic nitrogens is 1. The van der Waals surface area contributed by atoms with Crippen LogP contribution in [-0.2, 0) is 6.54 Å². The fraction of sp³-hybridized carbons (Fsp3) is 0.227. The first-order chi connectivity index (χ1) is 14.1. The molecule has 2 amide bonds. The van der Waals surface area contributed by atoms with E-state index in [0.29, 0.717) is 11.4 Å². The molecule has 29 heavy (non-hydrogen) atoms. The third-order valence-corrected chi connectivity index (χ3v) is 4.47. The van der Waals surface area contributed by atoms with E-state index in [9.17, 15) is 9.59 Å². The zero-order valence-electron chi connectivity index (χ0n) is 16.5. The summed E-state index contributed by atoms with van der Waals surface area (Å²) in [5.41, 5.74) is 2.10. The number of nitrogens with one attached hydrogen (secondary N) is 2. The molecule has 0 aliphatic heterocycles. The summed E-state index contributed by atoms with van der Waals surface area (Å²) >= 11 is 0. The number of hydrogen-bond donors (Lipinski definition) is 2. The lowest BCUT2D eigenvalue weighted by Gasteiger charge is -2.21. The molecule has 0 unspecified atom stereocenters. The second-order valence-corrected chi connectivity index (χ2v) is 6.34. The average Bonchev–Trinajstić information content (AvgIpc) is 3.28. The van der Waals surface area contributed by atoms with E-state index < -0.39 is 0 Å². The Hall–Kier alpha value is -3.61. The Labute approximate surface area is 169 Å². The zero-order valence-corrected chi connectivity index (χ0v) is 16.5. The van der Waals surface area contributed by atoms with Crippen LogP contribution in [0.2, 0.25) is 0 Å². The molecule has 2 aromatic heterocycles. The van der Waals surface area contributed by atoms with Crippen LogP contribution in [0, 0.1) is 0 Å². The molecule has 0 aliphatic carbocycles. The lowest BCUT2D eigenvalue weighted by Crippen LogP contribution is -2.25. The summed E-state index contributed by atoms with van der Waals surface area (Å²) in [6.07, 6.45) is 1.54. The molecule has 0 atom stereocenters. The maximum atomic E-state index is 12.5. The van der Waals surface area contributed by atoms with Crippen LogP contribution in [0.15, 0.2) is 65.3 Å². The molecule has 2 heterocycles. The van der Waals surface area contributed by atoms with Gasteiger partial charge < -0.3 is 20.0 Å². The van der Waals surface area contributed by atoms with E-state index in [-0.39, 0.29) is 29.7 Å². The molecule has 1 aromatic carbocycles. The van der Waals surface area contributed by atoms with Crippen molar-refractivity contribution in [2.24, 2.45) is 0 Å². The molecular formula is C22H24N4O3. The third kappa shape index (κ3) is 5.22. The molecule has 7 nitrogen and oxygen atoms in total. The molecule has 0 bridgehead atoms. The van der Waals surface area contributed by atoms with Crippen molar-refractivity contribution in [3.05, 3.63) is 78.0 Å². The summed E-state index contributed by atoms with van der Waals surface area (Å²) in [6, 6.07) is 15.9. The number of amides is 2. The lowest BCUT2D eigenvalue weighted by molar-refractivity contribution is 0.0943. The predicted molar refractivity (Wildman–Crippen MR) is 112 cm³/mol. The smallest absolute Gasteiger partial charge is 0.274 e. The number of carbonyl (C=O) groups excluding carboxylic acids is 2. The van der Waals surface area contributed by atoms with Crippen molar-refractivity contribution in [2.75, 3.05) is 23.3 Å². The van der Waals surface area contributed by atoms with Gasteiger partial charge >= 0.3 is 0 Å². The van der Waals surface area contributed by atoms with Gasteiger partial charge in [0.25, 0.3) is 11.8 Å². The summed E-state index contributed by atoms with van der Waals surface area (Å²) in [6.45, 7) is 6.29. The van der Waals surface area contributed by atoms with Crippen molar-refractivity contribution in [1.82, 2.24) is 10.3 Å². The van der Waals surface area contributed by atoms with E-state index in [2.05, 4.69) is 34.4 Å². The Morgan fingerprint density at radius 3 is 2.24 bits per heavy atom. The standard InChI is InChI=1S/C22H24N4O3/c1-3-26(4-2)17-12-10-16(11-13-17)24-22(28)20-9-5-8-19(25-20)21(27)23-15-18-7-6-14-29-18/h5-14H,3-4,15H2,1-2H3,(H,23,27)(H,24,28). The minimum atomic E-state index is -0.375. The fourth-order valence-electron chi connectivity index (χ4n) is 2.90. The molecule has 2 N–H and O–H groups in total. The van der Waals surface area contributed by atoms with Crippen LogP contribution in [-0.4, -0.2) is 29.9 Å². The normalized spacial score (nSPS) is 10.4. The molecule has 150 valence electrons. The number of pyridine rings is 1. The maximum absolute atomic E-state index is 12.5. The Bertz CT molecular complexity index is 948. The molecule has 0 fully saturated rings. The van der Waals surface area contributed by atoms with Crippen LogP contribution >= 0.6 is 0 Å². The van der Waals surface area contributed by atoms with Crippen LogP contribution in [0.25, 0.3) is 0 Å². The first-order valence-corrected chi connectivity index (χ1v) is 9.54. The Balaban J connectivity index is 1.63. The van der Waals surface area contributed by atoms with Gasteiger partial charge in [-0.3, -0.25) is 9.59 Å². The maximum Gasteiger partial charge on any atom is 0.274 e. The summed E-state index contributed by atoms with van der Waals surface area (Å²) in [7, 11) is 0. The van der Waals surface area contributed by atoms with Gasteiger partial charge in [0.2, 0.25) is 0 Å². The first kappa shape index (κ1) is 20.1. The van der Waals surface area contributed by atoms with Crippen LogP contribution < -0.4 is 15.5 Å². The predicted octanol–water partition coefficient (Wildman–Crippen LogP) is 3.70. The van der Waals surface area contributed by atoms with Crippen molar-refractivity contribution in [3.8, 4) is 0 Å². The number of benzene rings is 1. The quantitative estimate of drug-likeness (QED) is 0.610. The molecule has 3 aromatic rings. The molecular weight excluding hydrogens is 368 g/mol. The van der Waals surface area contributed by atoms with Crippen molar-refractivity contribution in [2.45, 2.75) is 20.4 Å². The largest absolute Gasteiger partial charge is 0.467 e. The first-order valence-electron chi connectivity index (χ1n) is 9.54. The Morgan fingerprint density at radius 1 is 0.931 bits per heavy atom. The van der Waals surface area contributed by atoms with Gasteiger partial charge in [-0.1, -0.05) is 6.07 Å². The van der Waals surface area contributed by atoms with Crippen LogP contribution in [0.4, 0.5) is 11.4 Å². The topological polar surface area (TPSA) is 87.5 Å². The van der Waals surface area contributed by atoms with E-state index in [1.807, 2.05) is 24.3 Å². The highest BCUT2D eigenvalue weighted by Crippen LogP contribution is 2.18. The molecule has 0 aliphatic rings. The monoisotopic (exact) mass is 392 g/mol. The summed E-state index contributed by atoms with van der Waals surface area (Å²) in [5, 5.41) is 5.53. The second kappa shape index (κ2) is 9.54. The van der Waals surface area contributed by atoms with E-state index >= 15 is 0 Å². The highest BCUT2D eigenvalue weighted by Gasteiger charge is 2.13. The minimum Gasteiger partial charge on any atom is -0.467 e. The SMILES string of the molecule is CCN(CC)c1ccc(NC(=O)c2cccc(C(=O)NCc3ccco3)n2)cc1. The van der Waals surface area contributed by atoms with Gasteiger partial charge in [0, 0.05) is 24.5 Å². The molecule has 0 radical (unpaired) electrons. The number of furan rings is 1. The summed E-state index contributed by atoms with van der Waals surface area (Å²) in [4.78, 5) is 31.2. The summed E-state index contributed by atoms with van der Waals surface area (Å²) < 4.78 is 5.18. The Morgan fingerprint density at radius 2 is 1.62 bits per heavy atom. The van der Waals surface area contributed by atoms with Crippen LogP contribution in [0.1, 0.15) is 40.6 Å². The van der Waals surface area contributed by atoms with E-state index in [1.54, 1.807) is 36.6 Å². The van der Waals surface area contributed by atoms with Crippen molar-refractivity contribution < 1.29 is 14.0 Å². The van der Waals surface area contributed by atoms with Gasteiger partial charge in [-0.05, 0) is 62.4 Å². The molecule has 3 rings (SSSR count). The second-order valence-electron chi connectivity index (χ2n) is 6.34. The van der Waals surface area contributed by atoms with Crippen LogP contribution in [0.5, 0.6) is 0 Å². The van der Waals surface area contributed by atoms with Gasteiger partial charge in [0.05, 0.1) is 12.8 Å². The third-order valence-electron chi connectivity index (χ3n) is 4.47. The lowest BCUT2D eigenvalue weighted by atomic mass is 10.2. The fourth-order valence-corrected chi connectivity index (χ4v) is 2.90. The molecule has 0 saturated carbocycles. The average molecular weight is 392 g/mol. The summed E-state index contributed by atoms with van der Waals surface area (Å²) in [5.74, 6) is -0.110. The van der Waals surface area contributed by atoms with Crippen molar-refractivity contribution in [1.29, 1.82) is 0 Å². The van der Waals surface area contributed by atoms with E-state index in [4.69, 9.17) is 4.42 Å². The van der Waals surface area contributed by atoms with Crippen LogP contribution in [0.3, 0.4) is 0 Å². The van der Waals surface area contributed by atoms with Crippen molar-refractivity contribution >= 4 is 23.2 Å². The van der Waals surface area contributed by atoms with Crippen molar-refractivity contribution in [3.63, 3.8) is 0 Å². The highest BCUT2D eigenvalue weighted by molar-refractivity contribution is 6.03. The Kier molecular flexibility index (Phi) is 6.63. The molecule has 0 saturated heterocycles. The van der Waals surface area contributed by atoms with Gasteiger partial charge in [-0.25, -0.2) is 4.98 Å². The highest BCUT2D eigenvalue weighted by atomic mass is 16.3. The zero-order chi connectivity index (χ0) is 20.6. The number of hydrogen-bond acceptors (Lipinski definition) is 5. The number of rotatable bonds is 8. The van der Waals surface area contributed by atoms with Gasteiger partial charge in [-0.2, -0.15) is 0 Å². The number of anilines is 2. The minimum absolute atomic E-state index is 0.168. The van der Waals surface area contributed by atoms with E-state index in [1.165, 1.54) is 0 Å². The number of nitrogens with zero attached hydrogens (tertiary/aromatic N) is 2. The van der Waals surface area contributed by atoms with Gasteiger partial charge in [-0.15, -0.1) is 0 Å². The van der Waals surface area contributed by atoms with E-state index in [0.717, 1.165) is 18.8 Å². The molecule has 0 spiro atoms. The molecule has 7 heteroatoms. The number of carbonyl (C=O) groups is 2.